The summed E-state index contributed by atoms with van der Waals surface area (Å²) in [5.41, 5.74) is 4.89. The van der Waals surface area contributed by atoms with Crippen molar-refractivity contribution >= 4 is 20.1 Å². The average Bonchev–Trinajstić information content (AvgIpc) is 3.31. The number of methoxy groups -OCH3 is 1. The minimum absolute atomic E-state index is 0.00794. The Kier molecular flexibility index (Phi) is 8.67. The van der Waals surface area contributed by atoms with Crippen LogP contribution in [-0.2, 0) is 9.89 Å². The van der Waals surface area contributed by atoms with Gasteiger partial charge in [0, 0.05) is 35.8 Å². The lowest BCUT2D eigenvalue weighted by atomic mass is 9.87. The number of aromatic nitrogens is 1. The summed E-state index contributed by atoms with van der Waals surface area (Å²) in [4.78, 5) is 0. The SMILES string of the molecule is CCCC(CC)(Pc1ccccc1/C=N/n1cccc1)c1cc(C)cc(C)c1OCOC. The highest BCUT2D eigenvalue weighted by Gasteiger charge is 2.34. The van der Waals surface area contributed by atoms with E-state index in [1.54, 1.807) is 7.11 Å². The third kappa shape index (κ3) is 5.68. The number of ether oxygens (including phenoxy) is 2. The normalized spacial score (nSPS) is 13.8. The lowest BCUT2D eigenvalue weighted by Gasteiger charge is -2.36. The molecule has 0 N–H and O–H groups in total. The van der Waals surface area contributed by atoms with E-state index >= 15 is 0 Å². The van der Waals surface area contributed by atoms with Gasteiger partial charge in [-0.3, -0.25) is 0 Å². The van der Waals surface area contributed by atoms with Crippen LogP contribution in [0.1, 0.15) is 55.4 Å². The van der Waals surface area contributed by atoms with Crippen LogP contribution in [0.2, 0.25) is 0 Å². The molecule has 5 heteroatoms. The number of hydrogen-bond donors (Lipinski definition) is 0. The molecule has 0 aliphatic rings. The zero-order valence-corrected chi connectivity index (χ0v) is 20.9. The fourth-order valence-corrected chi connectivity index (χ4v) is 6.14. The number of benzene rings is 2. The predicted octanol–water partition coefficient (Wildman–Crippen LogP) is 6.38. The third-order valence-electron chi connectivity index (χ3n) is 5.79. The van der Waals surface area contributed by atoms with Crippen LogP contribution in [0.4, 0.5) is 0 Å². The second kappa shape index (κ2) is 11.4. The molecule has 4 nitrogen and oxygen atoms in total. The van der Waals surface area contributed by atoms with Gasteiger partial charge in [-0.25, -0.2) is 4.68 Å². The Morgan fingerprint density at radius 2 is 1.81 bits per heavy atom. The lowest BCUT2D eigenvalue weighted by molar-refractivity contribution is 0.0494. The Balaban J connectivity index is 2.07. The van der Waals surface area contributed by atoms with E-state index in [9.17, 15) is 0 Å². The number of hydrogen-bond acceptors (Lipinski definition) is 3. The first-order chi connectivity index (χ1) is 15.5. The summed E-state index contributed by atoms with van der Waals surface area (Å²) in [5.74, 6) is 0.971. The van der Waals surface area contributed by atoms with Crippen LogP contribution in [0.5, 0.6) is 5.75 Å². The van der Waals surface area contributed by atoms with E-state index in [0.717, 1.165) is 30.6 Å². The summed E-state index contributed by atoms with van der Waals surface area (Å²) in [6.45, 7) is 9.13. The summed E-state index contributed by atoms with van der Waals surface area (Å²) in [6.07, 6.45) is 9.11. The molecule has 0 saturated heterocycles. The maximum atomic E-state index is 6.14. The Morgan fingerprint density at radius 3 is 2.50 bits per heavy atom. The molecule has 0 radical (unpaired) electrons. The van der Waals surface area contributed by atoms with Crippen molar-refractivity contribution < 1.29 is 9.47 Å². The van der Waals surface area contributed by atoms with Crippen LogP contribution in [0.15, 0.2) is 66.0 Å². The van der Waals surface area contributed by atoms with E-state index in [1.165, 1.54) is 22.0 Å². The maximum Gasteiger partial charge on any atom is 0.188 e. The van der Waals surface area contributed by atoms with Crippen LogP contribution in [0.3, 0.4) is 0 Å². The molecule has 2 atom stereocenters. The highest BCUT2D eigenvalue weighted by atomic mass is 31.1. The number of rotatable bonds is 11. The molecule has 32 heavy (non-hydrogen) atoms. The molecule has 0 spiro atoms. The van der Waals surface area contributed by atoms with E-state index in [1.807, 2.05) is 35.4 Å². The van der Waals surface area contributed by atoms with E-state index in [-0.39, 0.29) is 11.9 Å². The quantitative estimate of drug-likeness (QED) is 0.193. The topological polar surface area (TPSA) is 35.8 Å². The summed E-state index contributed by atoms with van der Waals surface area (Å²) in [5, 5.41) is 5.93. The highest BCUT2D eigenvalue weighted by molar-refractivity contribution is 7.48. The molecule has 3 aromatic rings. The van der Waals surface area contributed by atoms with Gasteiger partial charge in [0.1, 0.15) is 5.75 Å². The first-order valence-corrected chi connectivity index (χ1v) is 12.3. The second-order valence-electron chi connectivity index (χ2n) is 8.21. The molecule has 0 fully saturated rings. The summed E-state index contributed by atoms with van der Waals surface area (Å²) in [7, 11) is 2.27. The summed E-state index contributed by atoms with van der Waals surface area (Å²) in [6, 6.07) is 17.1. The van der Waals surface area contributed by atoms with Gasteiger partial charge >= 0.3 is 0 Å². The van der Waals surface area contributed by atoms with Gasteiger partial charge in [0.25, 0.3) is 0 Å². The minimum Gasteiger partial charge on any atom is -0.467 e. The van der Waals surface area contributed by atoms with Crippen LogP contribution < -0.4 is 10.0 Å². The zero-order chi connectivity index (χ0) is 23.0. The number of aryl methyl sites for hydroxylation is 2. The van der Waals surface area contributed by atoms with Gasteiger partial charge in [-0.15, -0.1) is 0 Å². The highest BCUT2D eigenvalue weighted by Crippen LogP contribution is 2.52. The molecular weight excluding hydrogens is 415 g/mol. The van der Waals surface area contributed by atoms with Gasteiger partial charge in [0.2, 0.25) is 0 Å². The molecule has 3 rings (SSSR count). The van der Waals surface area contributed by atoms with E-state index in [2.05, 4.69) is 69.2 Å². The zero-order valence-electron chi connectivity index (χ0n) is 19.9. The van der Waals surface area contributed by atoms with Crippen molar-refractivity contribution in [3.63, 3.8) is 0 Å². The molecule has 0 aliphatic carbocycles. The summed E-state index contributed by atoms with van der Waals surface area (Å²) >= 11 is 0. The molecule has 0 bridgehead atoms. The van der Waals surface area contributed by atoms with Crippen molar-refractivity contribution in [2.24, 2.45) is 5.10 Å². The van der Waals surface area contributed by atoms with E-state index in [4.69, 9.17) is 9.47 Å². The molecule has 1 heterocycles. The van der Waals surface area contributed by atoms with E-state index in [0.29, 0.717) is 8.58 Å². The molecule has 0 aliphatic heterocycles. The Morgan fingerprint density at radius 1 is 1.06 bits per heavy atom. The standard InChI is InChI=1S/C27H35N2O2P/c1-6-14-27(7-2,24-18-21(3)17-22(4)26(24)31-20-30-5)32-25-13-9-8-12-23(25)19-28-29-15-10-11-16-29/h8-13,15-19,32H,6-7,14,20H2,1-5H3/b28-19+. The smallest absolute Gasteiger partial charge is 0.188 e. The maximum absolute atomic E-state index is 6.14. The van der Waals surface area contributed by atoms with Crippen LogP contribution in [-0.4, -0.2) is 24.8 Å². The predicted molar refractivity (Wildman–Crippen MR) is 137 cm³/mol. The Bertz CT molecular complexity index is 1030. The first kappa shape index (κ1) is 24.2. The monoisotopic (exact) mass is 450 g/mol. The van der Waals surface area contributed by atoms with Crippen LogP contribution in [0.25, 0.3) is 0 Å². The minimum atomic E-state index is -0.00794. The molecule has 170 valence electrons. The molecule has 2 unspecified atom stereocenters. The fourth-order valence-electron chi connectivity index (χ4n) is 4.28. The van der Waals surface area contributed by atoms with Crippen molar-refractivity contribution in [2.75, 3.05) is 13.9 Å². The van der Waals surface area contributed by atoms with Crippen molar-refractivity contribution in [3.8, 4) is 5.75 Å². The van der Waals surface area contributed by atoms with Crippen molar-refractivity contribution in [1.82, 2.24) is 4.68 Å². The van der Waals surface area contributed by atoms with Crippen LogP contribution >= 0.6 is 8.58 Å². The molecular formula is C27H35N2O2P. The van der Waals surface area contributed by atoms with Gasteiger partial charge in [-0.05, 0) is 49.7 Å². The van der Waals surface area contributed by atoms with Gasteiger partial charge < -0.3 is 9.47 Å². The fraction of sp³-hybridized carbons (Fsp3) is 0.370. The third-order valence-corrected chi connectivity index (χ3v) is 7.87. The second-order valence-corrected chi connectivity index (χ2v) is 9.96. The molecule has 1 aromatic heterocycles. The van der Waals surface area contributed by atoms with Gasteiger partial charge in [0.15, 0.2) is 6.79 Å². The largest absolute Gasteiger partial charge is 0.467 e. The van der Waals surface area contributed by atoms with Crippen molar-refractivity contribution in [3.05, 3.63) is 83.2 Å². The van der Waals surface area contributed by atoms with Gasteiger partial charge in [-0.1, -0.05) is 70.8 Å². The molecule has 2 aromatic carbocycles. The van der Waals surface area contributed by atoms with Gasteiger partial charge in [0.05, 0.1) is 6.21 Å². The number of nitrogens with zero attached hydrogens (tertiary/aromatic N) is 2. The van der Waals surface area contributed by atoms with Crippen molar-refractivity contribution in [2.45, 2.75) is 52.1 Å². The molecule has 0 amide bonds. The van der Waals surface area contributed by atoms with Crippen molar-refractivity contribution in [1.29, 1.82) is 0 Å². The Labute approximate surface area is 194 Å². The summed E-state index contributed by atoms with van der Waals surface area (Å²) < 4.78 is 13.2. The average molecular weight is 451 g/mol. The van der Waals surface area contributed by atoms with Gasteiger partial charge in [-0.2, -0.15) is 5.10 Å². The Hall–Kier alpha value is -2.42. The van der Waals surface area contributed by atoms with Crippen LogP contribution in [0, 0.1) is 13.8 Å². The molecule has 0 saturated carbocycles. The lowest BCUT2D eigenvalue weighted by Crippen LogP contribution is -2.25. The first-order valence-electron chi connectivity index (χ1n) is 11.3. The van der Waals surface area contributed by atoms with E-state index < -0.39 is 0 Å².